The van der Waals surface area contributed by atoms with Gasteiger partial charge < -0.3 is 18.3 Å². The topological polar surface area (TPSA) is 19.7 Å². The van der Waals surface area contributed by atoms with Gasteiger partial charge in [-0.25, -0.2) is 8.78 Å². The molecule has 0 N–H and O–H groups in total. The number of benzene rings is 17. The highest BCUT2D eigenvalue weighted by molar-refractivity contribution is 7.27. The monoisotopic (exact) mass is 1500 g/mol. The van der Waals surface area contributed by atoms with Crippen molar-refractivity contribution in [2.75, 3.05) is 0 Å². The van der Waals surface area contributed by atoms with Crippen LogP contribution in [0.3, 0.4) is 0 Å². The summed E-state index contributed by atoms with van der Waals surface area (Å²) in [5.41, 5.74) is 14.4. The molecule has 0 saturated carbocycles. The Morgan fingerprint density at radius 3 is 0.554 bits per heavy atom. The molecule has 17 aromatic carbocycles. The smallest absolute Gasteiger partial charge is 0.175 e. The van der Waals surface area contributed by atoms with Gasteiger partial charge in [0.15, 0.2) is 11.6 Å². The molecule has 0 atom stereocenters. The number of nitrogens with zero attached hydrogens (tertiary/aromatic N) is 4. The van der Waals surface area contributed by atoms with Gasteiger partial charge >= 0.3 is 0 Å². The first kappa shape index (κ1) is 62.6. The maximum Gasteiger partial charge on any atom is 0.175 e. The fourth-order valence-corrected chi connectivity index (χ4v) is 23.0. The van der Waals surface area contributed by atoms with Gasteiger partial charge in [-0.1, -0.05) is 194 Å². The Bertz CT molecular complexity index is 7480. The zero-order valence-corrected chi connectivity index (χ0v) is 62.8. The molecule has 8 heterocycles. The summed E-state index contributed by atoms with van der Waals surface area (Å²) < 4.78 is 61.9. The van der Waals surface area contributed by atoms with E-state index in [0.717, 1.165) is 132 Å². The molecule has 0 aliphatic heterocycles. The highest BCUT2D eigenvalue weighted by Gasteiger charge is 2.36. The minimum Gasteiger partial charge on any atom is -0.305 e. The van der Waals surface area contributed by atoms with Gasteiger partial charge in [-0.05, 0) is 190 Å². The van der Waals surface area contributed by atoms with E-state index >= 15 is 8.78 Å². The predicted molar refractivity (Wildman–Crippen MR) is 477 cm³/mol. The lowest BCUT2D eigenvalue weighted by atomic mass is 10.0. The van der Waals surface area contributed by atoms with Crippen molar-refractivity contribution in [1.29, 1.82) is 0 Å². The van der Waals surface area contributed by atoms with Crippen LogP contribution in [-0.4, -0.2) is 18.3 Å². The molecule has 0 unspecified atom stereocenters. The van der Waals surface area contributed by atoms with Gasteiger partial charge in [0.25, 0.3) is 0 Å². The first-order chi connectivity index (χ1) is 55.3. The van der Waals surface area contributed by atoms with Crippen LogP contribution in [0, 0.1) is 11.6 Å². The molecule has 0 radical (unpaired) electrons. The van der Waals surface area contributed by atoms with Crippen molar-refractivity contribution in [2.45, 2.75) is 0 Å². The Morgan fingerprint density at radius 2 is 0.321 bits per heavy atom. The molecule has 0 spiro atoms. The van der Waals surface area contributed by atoms with Crippen molar-refractivity contribution >= 4 is 213 Å². The number of hydrogen-bond donors (Lipinski definition) is 0. The molecule has 112 heavy (non-hydrogen) atoms. The van der Waals surface area contributed by atoms with Crippen LogP contribution in [0.15, 0.2) is 340 Å². The number of halogens is 2. The Balaban J connectivity index is 0.811. The van der Waals surface area contributed by atoms with E-state index in [1.165, 1.54) is 80.7 Å². The average molecular weight is 1500 g/mol. The van der Waals surface area contributed by atoms with E-state index in [2.05, 4.69) is 315 Å². The quantitative estimate of drug-likeness (QED) is 0.144. The molecule has 25 aromatic rings. The third-order valence-corrected chi connectivity index (χ3v) is 28.3. The van der Waals surface area contributed by atoms with Crippen LogP contribution in [-0.2, 0) is 0 Å². The van der Waals surface area contributed by atoms with Crippen LogP contribution in [0.25, 0.3) is 235 Å². The Labute approximate surface area is 653 Å². The molecule has 4 nitrogen and oxygen atoms in total. The molecule has 0 bridgehead atoms. The van der Waals surface area contributed by atoms with Crippen LogP contribution < -0.4 is 0 Å². The van der Waals surface area contributed by atoms with Gasteiger partial charge in [-0.2, -0.15) is 0 Å². The number of para-hydroxylation sites is 4. The Kier molecular flexibility index (Phi) is 13.2. The maximum absolute atomic E-state index is 21.9. The second-order valence-corrected chi connectivity index (χ2v) is 33.9. The summed E-state index contributed by atoms with van der Waals surface area (Å²) in [6.45, 7) is 0. The number of hydrogen-bond acceptors (Lipinski definition) is 4. The lowest BCUT2D eigenvalue weighted by molar-refractivity contribution is 0.579. The summed E-state index contributed by atoms with van der Waals surface area (Å²) >= 11 is 7.21. The van der Waals surface area contributed by atoms with E-state index in [4.69, 9.17) is 0 Å². The summed E-state index contributed by atoms with van der Waals surface area (Å²) in [7, 11) is 0. The van der Waals surface area contributed by atoms with Crippen LogP contribution in [0.1, 0.15) is 0 Å². The van der Waals surface area contributed by atoms with Gasteiger partial charge in [-0.15, -0.1) is 45.3 Å². The van der Waals surface area contributed by atoms with E-state index in [9.17, 15) is 0 Å². The fourth-order valence-electron chi connectivity index (χ4n) is 18.7. The highest BCUT2D eigenvalue weighted by Crippen LogP contribution is 2.51. The van der Waals surface area contributed by atoms with Crippen LogP contribution >= 0.6 is 45.3 Å². The molecular weight excluding hydrogens is 1450 g/mol. The molecule has 522 valence electrons. The number of rotatable bonds is 8. The first-order valence-electron chi connectivity index (χ1n) is 37.7. The maximum atomic E-state index is 21.9. The normalized spacial score (nSPS) is 12.4. The largest absolute Gasteiger partial charge is 0.305 e. The van der Waals surface area contributed by atoms with Gasteiger partial charge in [0.05, 0.1) is 44.1 Å². The van der Waals surface area contributed by atoms with Gasteiger partial charge in [-0.3, -0.25) is 0 Å². The minimum atomic E-state index is -0.605. The Hall–Kier alpha value is -13.3. The standard InChI is InChI=1S/C102H56F2N4S4/c103-97-99(105-81-25-9-1-17-65(81)73-49-57(33-41-85(73)105)61-37-45-93-77(53-61)69-21-5-13-29-89(69)109-93)100(106-82-26-10-2-18-66(82)74-50-58(34-42-86(74)106)62-38-46-94-78(54-62)70-22-6-14-30-90(70)110-94)98(104)102(108-84-28-12-4-20-68(84)76-52-60(36-44-88(76)108)64-40-48-96-80(56-64)72-24-8-16-32-92(72)112-96)101(97)107-83-27-11-3-19-67(83)75-51-59(35-43-87(75)107)63-39-47-95-79(55-63)71-23-7-15-31-91(71)111-95/h1-56H. The van der Waals surface area contributed by atoms with Crippen molar-refractivity contribution in [2.24, 2.45) is 0 Å². The molecule has 0 saturated heterocycles. The zero-order valence-electron chi connectivity index (χ0n) is 59.5. The van der Waals surface area contributed by atoms with Gasteiger partial charge in [0.2, 0.25) is 0 Å². The van der Waals surface area contributed by atoms with Gasteiger partial charge in [0, 0.05) is 124 Å². The third-order valence-electron chi connectivity index (χ3n) is 23.7. The second kappa shape index (κ2) is 23.6. The molecule has 0 fully saturated rings. The van der Waals surface area contributed by atoms with E-state index in [0.29, 0.717) is 0 Å². The van der Waals surface area contributed by atoms with Crippen molar-refractivity contribution in [3.8, 4) is 67.3 Å². The van der Waals surface area contributed by atoms with E-state index < -0.39 is 11.6 Å². The zero-order chi connectivity index (χ0) is 73.3. The number of fused-ring (bicyclic) bond motifs is 24. The summed E-state index contributed by atoms with van der Waals surface area (Å²) in [4.78, 5) is 0. The minimum absolute atomic E-state index is 0.0705. The fraction of sp³-hybridized carbons (Fsp3) is 0. The Morgan fingerprint density at radius 1 is 0.152 bits per heavy atom. The molecule has 0 aliphatic carbocycles. The molecule has 0 amide bonds. The van der Waals surface area contributed by atoms with E-state index in [1.807, 2.05) is 42.5 Å². The third kappa shape index (κ3) is 8.94. The summed E-state index contributed by atoms with van der Waals surface area (Å²) in [5.74, 6) is -1.21. The summed E-state index contributed by atoms with van der Waals surface area (Å²) in [5, 5.41) is 17.0. The van der Waals surface area contributed by atoms with Crippen LogP contribution in [0.5, 0.6) is 0 Å². The molecular formula is C102H56F2N4S4. The van der Waals surface area contributed by atoms with Crippen molar-refractivity contribution in [1.82, 2.24) is 18.3 Å². The first-order valence-corrected chi connectivity index (χ1v) is 41.0. The highest BCUT2D eigenvalue weighted by atomic mass is 32.1. The van der Waals surface area contributed by atoms with E-state index in [1.54, 1.807) is 45.3 Å². The van der Waals surface area contributed by atoms with Crippen LogP contribution in [0.4, 0.5) is 8.78 Å². The summed E-state index contributed by atoms with van der Waals surface area (Å²) in [6, 6.07) is 121. The van der Waals surface area contributed by atoms with Crippen LogP contribution in [0.2, 0.25) is 0 Å². The average Bonchev–Trinajstić information content (AvgIpc) is 1.50. The van der Waals surface area contributed by atoms with E-state index in [-0.39, 0.29) is 22.7 Å². The van der Waals surface area contributed by atoms with Crippen molar-refractivity contribution in [3.05, 3.63) is 351 Å². The number of thiophene rings is 4. The molecule has 8 aromatic heterocycles. The second-order valence-electron chi connectivity index (χ2n) is 29.6. The van der Waals surface area contributed by atoms with Crippen molar-refractivity contribution in [3.63, 3.8) is 0 Å². The lowest BCUT2D eigenvalue weighted by Crippen LogP contribution is -2.17. The van der Waals surface area contributed by atoms with Gasteiger partial charge in [0.1, 0.15) is 22.7 Å². The summed E-state index contributed by atoms with van der Waals surface area (Å²) in [6.07, 6.45) is 0. The molecule has 0 aliphatic rings. The predicted octanol–water partition coefficient (Wildman–Crippen LogP) is 30.5. The van der Waals surface area contributed by atoms with Crippen molar-refractivity contribution < 1.29 is 8.78 Å². The number of aromatic nitrogens is 4. The lowest BCUT2D eigenvalue weighted by Gasteiger charge is -2.25. The molecule has 25 rings (SSSR count). The SMILES string of the molecule is Fc1c(-n2c3ccccc3c3cc(-c4ccc5sc6ccccc6c5c4)ccc32)c(-n2c3ccccc3c3cc(-c4ccc5sc6ccccc6c5c4)ccc32)c(F)c(-n2c3ccccc3c3cc(-c4ccc5sc6ccccc6c5c4)ccc32)c1-n1c2ccccc2c2cc(-c3ccc4sc5ccccc5c4c3)ccc21. The molecule has 10 heteroatoms.